The predicted octanol–water partition coefficient (Wildman–Crippen LogP) is 5.33. The van der Waals surface area contributed by atoms with E-state index >= 15 is 0 Å². The molecule has 0 aliphatic heterocycles. The van der Waals surface area contributed by atoms with Gasteiger partial charge in [-0.25, -0.2) is 9.97 Å². The van der Waals surface area contributed by atoms with E-state index in [1.54, 1.807) is 18.3 Å². The maximum atomic E-state index is 12.7. The van der Waals surface area contributed by atoms with Crippen molar-refractivity contribution in [1.29, 1.82) is 0 Å². The lowest BCUT2D eigenvalue weighted by Crippen LogP contribution is -2.39. The molecule has 0 fully saturated rings. The minimum absolute atomic E-state index is 0.218. The molecule has 1 atom stereocenters. The zero-order valence-corrected chi connectivity index (χ0v) is 32.6. The van der Waals surface area contributed by atoms with E-state index < -0.39 is 17.9 Å². The molecule has 0 aliphatic rings. The number of pyridine rings is 1. The number of nitrogens with zero attached hydrogens (tertiary/aromatic N) is 2. The van der Waals surface area contributed by atoms with Crippen LogP contribution in [0, 0.1) is 12.8 Å². The number of nitrogens with one attached hydrogen (secondary N) is 3. The molecular weight excluding hydrogens is 722 g/mol. The second-order valence-electron chi connectivity index (χ2n) is 13.5. The Labute approximate surface area is 327 Å². The standard InChI is InChI=1S/C41H55N5O10/c1-29(2)13-16-51-17-18-52-19-20-53-21-22-54-23-24-55-35-11-10-33(41-40(35)45-28-56-41)31-6-8-32(9-7-31)34(26-39(49)50)46-38(48)27-44-37(47)5-4-14-42-36-25-30(3)12-15-43-36/h6-12,15,25,28-29,34H,4-5,13-14,16-24,26-27H2,1-3H3,(H,42,43)(H,44,47)(H,46,48)(H,49,50)/t34-/m0/s1. The van der Waals surface area contributed by atoms with Gasteiger partial charge in [-0.05, 0) is 66.6 Å². The van der Waals surface area contributed by atoms with E-state index in [1.165, 1.54) is 6.39 Å². The summed E-state index contributed by atoms with van der Waals surface area (Å²) in [6.45, 7) is 11.0. The van der Waals surface area contributed by atoms with Gasteiger partial charge >= 0.3 is 5.97 Å². The molecule has 2 aromatic carbocycles. The maximum absolute atomic E-state index is 12.7. The van der Waals surface area contributed by atoms with Crippen LogP contribution in [0.25, 0.3) is 22.2 Å². The molecule has 0 saturated heterocycles. The van der Waals surface area contributed by atoms with Crippen molar-refractivity contribution >= 4 is 34.7 Å². The zero-order valence-electron chi connectivity index (χ0n) is 32.6. The first-order valence-corrected chi connectivity index (χ1v) is 19.0. The maximum Gasteiger partial charge on any atom is 0.305 e. The number of ether oxygens (including phenoxy) is 5. The average molecular weight is 778 g/mol. The Morgan fingerprint density at radius 1 is 0.821 bits per heavy atom. The first kappa shape index (κ1) is 43.6. The van der Waals surface area contributed by atoms with E-state index in [-0.39, 0.29) is 25.3 Å². The summed E-state index contributed by atoms with van der Waals surface area (Å²) in [5.41, 5.74) is 4.32. The van der Waals surface area contributed by atoms with Crippen molar-refractivity contribution in [2.24, 2.45) is 5.92 Å². The number of hydrogen-bond donors (Lipinski definition) is 4. The van der Waals surface area contributed by atoms with E-state index in [0.717, 1.165) is 35.5 Å². The van der Waals surface area contributed by atoms with E-state index in [4.69, 9.17) is 28.1 Å². The van der Waals surface area contributed by atoms with Crippen LogP contribution >= 0.6 is 0 Å². The molecule has 56 heavy (non-hydrogen) atoms. The van der Waals surface area contributed by atoms with Gasteiger partial charge in [0.05, 0.1) is 65.3 Å². The Balaban J connectivity index is 1.17. The van der Waals surface area contributed by atoms with Crippen LogP contribution in [-0.2, 0) is 33.3 Å². The number of aryl methyl sites for hydroxylation is 1. The minimum atomic E-state index is -1.08. The van der Waals surface area contributed by atoms with E-state index in [0.29, 0.717) is 94.2 Å². The van der Waals surface area contributed by atoms with Gasteiger partial charge in [0.25, 0.3) is 0 Å². The Bertz CT molecular complexity index is 1780. The molecule has 0 saturated carbocycles. The molecule has 15 heteroatoms. The Kier molecular flexibility index (Phi) is 19.0. The number of carbonyl (C=O) groups excluding carboxylic acids is 2. The van der Waals surface area contributed by atoms with Gasteiger partial charge < -0.3 is 49.2 Å². The smallest absolute Gasteiger partial charge is 0.305 e. The summed E-state index contributed by atoms with van der Waals surface area (Å²) < 4.78 is 33.9. The third-order valence-electron chi connectivity index (χ3n) is 8.47. The number of anilines is 1. The number of hydrogen-bond acceptors (Lipinski definition) is 12. The summed E-state index contributed by atoms with van der Waals surface area (Å²) >= 11 is 0. The molecule has 4 aromatic rings. The van der Waals surface area contributed by atoms with Crippen molar-refractivity contribution < 1.29 is 47.6 Å². The summed E-state index contributed by atoms with van der Waals surface area (Å²) in [6.07, 6.45) is 4.54. The number of rotatable bonds is 28. The summed E-state index contributed by atoms with van der Waals surface area (Å²) in [5, 5.41) is 18.1. The lowest BCUT2D eigenvalue weighted by Gasteiger charge is -2.18. The van der Waals surface area contributed by atoms with Crippen LogP contribution in [-0.4, -0.2) is 105 Å². The van der Waals surface area contributed by atoms with Crippen LogP contribution < -0.4 is 20.7 Å². The quantitative estimate of drug-likeness (QED) is 0.0542. The SMILES string of the molecule is Cc1ccnc(NCCCC(=O)NCC(=O)N[C@@H](CC(=O)O)c2ccc(-c3ccc(OCCOCCOCCOCCOCCC(C)C)c4ncoc34)cc2)c1. The molecule has 0 bridgehead atoms. The van der Waals surface area contributed by atoms with Gasteiger partial charge in [-0.15, -0.1) is 0 Å². The third kappa shape index (κ3) is 15.9. The van der Waals surface area contributed by atoms with Gasteiger partial charge in [-0.2, -0.15) is 0 Å². The zero-order chi connectivity index (χ0) is 40.0. The number of carboxylic acids is 1. The Hall–Kier alpha value is -5.09. The van der Waals surface area contributed by atoms with Gasteiger partial charge in [-0.3, -0.25) is 14.4 Å². The van der Waals surface area contributed by atoms with Gasteiger partial charge in [0, 0.05) is 31.3 Å². The fraction of sp³-hybridized carbons (Fsp3) is 0.488. The van der Waals surface area contributed by atoms with Gasteiger partial charge in [0.1, 0.15) is 18.2 Å². The highest BCUT2D eigenvalue weighted by Gasteiger charge is 2.20. The predicted molar refractivity (Wildman–Crippen MR) is 211 cm³/mol. The van der Waals surface area contributed by atoms with Crippen LogP contribution in [0.15, 0.2) is 65.5 Å². The van der Waals surface area contributed by atoms with Crippen LogP contribution in [0.3, 0.4) is 0 Å². The molecule has 0 unspecified atom stereocenters. The minimum Gasteiger partial charge on any atom is -0.489 e. The average Bonchev–Trinajstić information content (AvgIpc) is 3.67. The first-order chi connectivity index (χ1) is 27.2. The van der Waals surface area contributed by atoms with Gasteiger partial charge in [0.15, 0.2) is 17.5 Å². The van der Waals surface area contributed by atoms with Crippen LogP contribution in [0.2, 0.25) is 0 Å². The number of fused-ring (bicyclic) bond motifs is 1. The van der Waals surface area contributed by atoms with E-state index in [1.807, 2.05) is 43.3 Å². The molecule has 2 heterocycles. The summed E-state index contributed by atoms with van der Waals surface area (Å²) in [7, 11) is 0. The lowest BCUT2D eigenvalue weighted by atomic mass is 9.98. The third-order valence-corrected chi connectivity index (χ3v) is 8.47. The molecular formula is C41H55N5O10. The summed E-state index contributed by atoms with van der Waals surface area (Å²) in [4.78, 5) is 45.3. The fourth-order valence-corrected chi connectivity index (χ4v) is 5.49. The Morgan fingerprint density at radius 2 is 1.50 bits per heavy atom. The Morgan fingerprint density at radius 3 is 2.16 bits per heavy atom. The van der Waals surface area contributed by atoms with Crippen molar-refractivity contribution in [1.82, 2.24) is 20.6 Å². The van der Waals surface area contributed by atoms with Crippen LogP contribution in [0.4, 0.5) is 5.82 Å². The van der Waals surface area contributed by atoms with Crippen molar-refractivity contribution in [2.75, 3.05) is 77.9 Å². The van der Waals surface area contributed by atoms with Crippen molar-refractivity contribution in [3.63, 3.8) is 0 Å². The molecule has 4 N–H and O–H groups in total. The van der Waals surface area contributed by atoms with Crippen LogP contribution in [0.5, 0.6) is 5.75 Å². The van der Waals surface area contributed by atoms with Gasteiger partial charge in [0.2, 0.25) is 11.8 Å². The largest absolute Gasteiger partial charge is 0.489 e. The van der Waals surface area contributed by atoms with Crippen molar-refractivity contribution in [3.8, 4) is 16.9 Å². The molecule has 0 spiro atoms. The number of oxazole rings is 1. The number of aliphatic carboxylic acids is 1. The number of carbonyl (C=O) groups is 3. The molecule has 0 aliphatic carbocycles. The number of carboxylic acid groups (broad SMARTS) is 1. The first-order valence-electron chi connectivity index (χ1n) is 19.0. The van der Waals surface area contributed by atoms with Crippen LogP contribution in [0.1, 0.15) is 56.7 Å². The highest BCUT2D eigenvalue weighted by Crippen LogP contribution is 2.34. The molecule has 2 aromatic heterocycles. The summed E-state index contributed by atoms with van der Waals surface area (Å²) in [6, 6.07) is 13.8. The second-order valence-corrected chi connectivity index (χ2v) is 13.5. The van der Waals surface area contributed by atoms with Gasteiger partial charge in [-0.1, -0.05) is 38.1 Å². The fourth-order valence-electron chi connectivity index (χ4n) is 5.49. The van der Waals surface area contributed by atoms with Crippen molar-refractivity contribution in [2.45, 2.75) is 52.5 Å². The molecule has 4 rings (SSSR count). The van der Waals surface area contributed by atoms with Crippen molar-refractivity contribution in [3.05, 3.63) is 72.2 Å². The molecule has 2 amide bonds. The number of benzene rings is 2. The molecule has 304 valence electrons. The molecule has 0 radical (unpaired) electrons. The normalized spacial score (nSPS) is 11.8. The van der Waals surface area contributed by atoms with E-state index in [2.05, 4.69) is 39.8 Å². The monoisotopic (exact) mass is 777 g/mol. The second kappa shape index (κ2) is 24.4. The topological polar surface area (TPSA) is 193 Å². The highest BCUT2D eigenvalue weighted by atomic mass is 16.6. The molecule has 15 nitrogen and oxygen atoms in total. The number of amides is 2. The summed E-state index contributed by atoms with van der Waals surface area (Å²) in [5.74, 6) is 0.0624. The van der Waals surface area contributed by atoms with E-state index in [9.17, 15) is 19.5 Å². The highest BCUT2D eigenvalue weighted by molar-refractivity contribution is 5.93. The lowest BCUT2D eigenvalue weighted by molar-refractivity contribution is -0.138. The number of aromatic nitrogens is 2.